The maximum Gasteiger partial charge on any atom is 0.310 e. The third kappa shape index (κ3) is 2.57. The molecular formula is C15H17N3O2. The van der Waals surface area contributed by atoms with Gasteiger partial charge in [-0.25, -0.2) is 0 Å². The lowest BCUT2D eigenvalue weighted by Crippen LogP contribution is -2.07. The second-order valence-corrected chi connectivity index (χ2v) is 5.46. The first-order valence-corrected chi connectivity index (χ1v) is 6.92. The van der Waals surface area contributed by atoms with E-state index in [1.165, 1.54) is 5.56 Å². The first kappa shape index (κ1) is 12.8. The van der Waals surface area contributed by atoms with Crippen LogP contribution in [0.25, 0.3) is 0 Å². The summed E-state index contributed by atoms with van der Waals surface area (Å²) in [6.07, 6.45) is 3.62. The molecule has 0 amide bonds. The summed E-state index contributed by atoms with van der Waals surface area (Å²) >= 11 is 0. The normalized spacial score (nSPS) is 16.1. The van der Waals surface area contributed by atoms with E-state index in [-0.39, 0.29) is 16.5 Å². The number of benzene rings is 1. The van der Waals surface area contributed by atoms with Gasteiger partial charge in [-0.05, 0) is 18.4 Å². The van der Waals surface area contributed by atoms with Crippen molar-refractivity contribution < 1.29 is 4.92 Å². The minimum Gasteiger partial charge on any atom is -0.265 e. The maximum atomic E-state index is 11.1. The van der Waals surface area contributed by atoms with Gasteiger partial charge in [0.25, 0.3) is 0 Å². The van der Waals surface area contributed by atoms with Crippen LogP contribution in [0.15, 0.2) is 36.5 Å². The molecule has 104 valence electrons. The molecule has 0 saturated heterocycles. The molecule has 1 fully saturated rings. The van der Waals surface area contributed by atoms with Crippen LogP contribution in [0.1, 0.15) is 42.9 Å². The summed E-state index contributed by atoms with van der Waals surface area (Å²) in [6.45, 7) is 2.78. The van der Waals surface area contributed by atoms with Crippen molar-refractivity contribution in [3.63, 3.8) is 0 Å². The number of aromatic nitrogens is 2. The first-order valence-electron chi connectivity index (χ1n) is 6.92. The molecule has 1 aliphatic rings. The molecule has 0 spiro atoms. The molecule has 1 heterocycles. The highest BCUT2D eigenvalue weighted by atomic mass is 16.6. The van der Waals surface area contributed by atoms with Gasteiger partial charge < -0.3 is 0 Å². The molecule has 0 bridgehead atoms. The Labute approximate surface area is 117 Å². The Kier molecular flexibility index (Phi) is 3.26. The number of hydrogen-bond acceptors (Lipinski definition) is 3. The second-order valence-electron chi connectivity index (χ2n) is 5.46. The van der Waals surface area contributed by atoms with Gasteiger partial charge in [-0.15, -0.1) is 0 Å². The standard InChI is InChI=1S/C15H17N3O2/c1-11(12-5-3-2-4-6-12)9-17-10-14(18(19)20)15(16-17)13-7-8-13/h2-6,10-11,13H,7-9H2,1H3/t11-/m0/s1. The molecule has 0 radical (unpaired) electrons. The number of hydrogen-bond donors (Lipinski definition) is 0. The average Bonchev–Trinajstić information content (AvgIpc) is 3.21. The van der Waals surface area contributed by atoms with E-state index >= 15 is 0 Å². The Morgan fingerprint density at radius 3 is 2.70 bits per heavy atom. The third-order valence-corrected chi connectivity index (χ3v) is 3.76. The van der Waals surface area contributed by atoms with E-state index < -0.39 is 0 Å². The van der Waals surface area contributed by atoms with Crippen molar-refractivity contribution in [1.29, 1.82) is 0 Å². The van der Waals surface area contributed by atoms with Crippen molar-refractivity contribution in [3.8, 4) is 0 Å². The van der Waals surface area contributed by atoms with E-state index in [2.05, 4.69) is 24.2 Å². The minimum absolute atomic E-state index is 0.174. The van der Waals surface area contributed by atoms with Gasteiger partial charge in [-0.1, -0.05) is 37.3 Å². The van der Waals surface area contributed by atoms with E-state index in [1.807, 2.05) is 18.2 Å². The van der Waals surface area contributed by atoms with Crippen molar-refractivity contribution in [1.82, 2.24) is 9.78 Å². The zero-order valence-electron chi connectivity index (χ0n) is 11.4. The fourth-order valence-electron chi connectivity index (χ4n) is 2.48. The molecular weight excluding hydrogens is 254 g/mol. The SMILES string of the molecule is C[C@@H](Cn1cc([N+](=O)[O-])c(C2CC2)n1)c1ccccc1. The van der Waals surface area contributed by atoms with Crippen LogP contribution < -0.4 is 0 Å². The topological polar surface area (TPSA) is 61.0 Å². The van der Waals surface area contributed by atoms with E-state index in [0.29, 0.717) is 18.2 Å². The maximum absolute atomic E-state index is 11.1. The van der Waals surface area contributed by atoms with Crippen LogP contribution in [0.5, 0.6) is 0 Å². The third-order valence-electron chi connectivity index (χ3n) is 3.76. The van der Waals surface area contributed by atoms with Crippen molar-refractivity contribution in [2.75, 3.05) is 0 Å². The number of nitro groups is 1. The molecule has 0 N–H and O–H groups in total. The lowest BCUT2D eigenvalue weighted by molar-refractivity contribution is -0.385. The van der Waals surface area contributed by atoms with Crippen LogP contribution >= 0.6 is 0 Å². The molecule has 2 aromatic rings. The van der Waals surface area contributed by atoms with Gasteiger partial charge in [0.05, 0.1) is 4.92 Å². The van der Waals surface area contributed by atoms with Crippen molar-refractivity contribution in [2.45, 2.75) is 38.1 Å². The zero-order chi connectivity index (χ0) is 14.1. The van der Waals surface area contributed by atoms with Crippen molar-refractivity contribution in [3.05, 3.63) is 57.9 Å². The van der Waals surface area contributed by atoms with Crippen LogP contribution in [-0.4, -0.2) is 14.7 Å². The Morgan fingerprint density at radius 2 is 2.10 bits per heavy atom. The molecule has 1 aliphatic carbocycles. The van der Waals surface area contributed by atoms with Crippen LogP contribution in [-0.2, 0) is 6.54 Å². The summed E-state index contributed by atoms with van der Waals surface area (Å²) in [6, 6.07) is 10.1. The minimum atomic E-state index is -0.315. The number of nitrogens with zero attached hydrogens (tertiary/aromatic N) is 3. The van der Waals surface area contributed by atoms with Gasteiger partial charge in [0.1, 0.15) is 11.9 Å². The fraction of sp³-hybridized carbons (Fsp3) is 0.400. The Morgan fingerprint density at radius 1 is 1.40 bits per heavy atom. The molecule has 3 rings (SSSR count). The van der Waals surface area contributed by atoms with E-state index in [1.54, 1.807) is 10.9 Å². The Bertz CT molecular complexity index is 617. The summed E-state index contributed by atoms with van der Waals surface area (Å²) in [4.78, 5) is 10.8. The quantitative estimate of drug-likeness (QED) is 0.618. The molecule has 0 unspecified atom stereocenters. The molecule has 1 aromatic heterocycles. The molecule has 5 heteroatoms. The zero-order valence-corrected chi connectivity index (χ0v) is 11.4. The van der Waals surface area contributed by atoms with E-state index in [9.17, 15) is 10.1 Å². The summed E-state index contributed by atoms with van der Waals surface area (Å²) in [5.41, 5.74) is 2.06. The van der Waals surface area contributed by atoms with Crippen LogP contribution in [0.3, 0.4) is 0 Å². The summed E-state index contributed by atoms with van der Waals surface area (Å²) in [7, 11) is 0. The molecule has 1 atom stereocenters. The van der Waals surface area contributed by atoms with Crippen molar-refractivity contribution in [2.24, 2.45) is 0 Å². The largest absolute Gasteiger partial charge is 0.310 e. The summed E-state index contributed by atoms with van der Waals surface area (Å²) < 4.78 is 1.73. The van der Waals surface area contributed by atoms with Gasteiger partial charge in [-0.2, -0.15) is 5.10 Å². The van der Waals surface area contributed by atoms with Crippen LogP contribution in [0.4, 0.5) is 5.69 Å². The summed E-state index contributed by atoms with van der Waals surface area (Å²) in [5.74, 6) is 0.575. The monoisotopic (exact) mass is 271 g/mol. The van der Waals surface area contributed by atoms with E-state index in [4.69, 9.17) is 0 Å². The highest BCUT2D eigenvalue weighted by Crippen LogP contribution is 2.43. The molecule has 1 aromatic carbocycles. The highest BCUT2D eigenvalue weighted by molar-refractivity contribution is 5.37. The van der Waals surface area contributed by atoms with E-state index in [0.717, 1.165) is 12.8 Å². The number of rotatable bonds is 5. The first-order chi connectivity index (χ1) is 9.65. The van der Waals surface area contributed by atoms with Gasteiger partial charge in [-0.3, -0.25) is 14.8 Å². The predicted octanol–water partition coefficient (Wildman–Crippen LogP) is 3.47. The van der Waals surface area contributed by atoms with Gasteiger partial charge >= 0.3 is 5.69 Å². The Hall–Kier alpha value is -2.17. The lowest BCUT2D eigenvalue weighted by atomic mass is 10.0. The van der Waals surface area contributed by atoms with Crippen LogP contribution in [0.2, 0.25) is 0 Å². The average molecular weight is 271 g/mol. The molecule has 20 heavy (non-hydrogen) atoms. The highest BCUT2D eigenvalue weighted by Gasteiger charge is 2.34. The molecule has 1 saturated carbocycles. The van der Waals surface area contributed by atoms with Crippen LogP contribution in [0, 0.1) is 10.1 Å². The molecule has 5 nitrogen and oxygen atoms in total. The Balaban J connectivity index is 1.81. The smallest absolute Gasteiger partial charge is 0.265 e. The van der Waals surface area contributed by atoms with Crippen molar-refractivity contribution >= 4 is 5.69 Å². The summed E-state index contributed by atoms with van der Waals surface area (Å²) in [5, 5.41) is 15.5. The fourth-order valence-corrected chi connectivity index (χ4v) is 2.48. The predicted molar refractivity (Wildman–Crippen MR) is 75.7 cm³/mol. The van der Waals surface area contributed by atoms with Gasteiger partial charge in [0.2, 0.25) is 0 Å². The van der Waals surface area contributed by atoms with Gasteiger partial charge in [0.15, 0.2) is 0 Å². The van der Waals surface area contributed by atoms with Gasteiger partial charge in [0, 0.05) is 18.4 Å². The lowest BCUT2D eigenvalue weighted by Gasteiger charge is -2.11. The second kappa shape index (κ2) is 5.07. The molecule has 0 aliphatic heterocycles.